The maximum atomic E-state index is 3.59. The van der Waals surface area contributed by atoms with Crippen molar-refractivity contribution in [3.63, 3.8) is 0 Å². The number of aryl methyl sites for hydroxylation is 1. The third kappa shape index (κ3) is 4.05. The fourth-order valence-corrected chi connectivity index (χ4v) is 3.18. The van der Waals surface area contributed by atoms with E-state index in [-0.39, 0.29) is 0 Å². The number of nitrogens with zero attached hydrogens (tertiary/aromatic N) is 1. The van der Waals surface area contributed by atoms with Gasteiger partial charge >= 0.3 is 0 Å². The fourth-order valence-electron chi connectivity index (χ4n) is 3.18. The highest BCUT2D eigenvalue weighted by atomic mass is 15.2. The van der Waals surface area contributed by atoms with Crippen molar-refractivity contribution < 1.29 is 0 Å². The number of likely N-dealkylation sites (tertiary alicyclic amines) is 1. The van der Waals surface area contributed by atoms with Gasteiger partial charge in [-0.3, -0.25) is 0 Å². The Balaban J connectivity index is 1.82. The zero-order valence-electron chi connectivity index (χ0n) is 12.7. The van der Waals surface area contributed by atoms with Crippen LogP contribution in [-0.4, -0.2) is 36.6 Å². The predicted molar refractivity (Wildman–Crippen MR) is 82.6 cm³/mol. The van der Waals surface area contributed by atoms with Gasteiger partial charge < -0.3 is 10.2 Å². The maximum absolute atomic E-state index is 3.59. The summed E-state index contributed by atoms with van der Waals surface area (Å²) < 4.78 is 0. The Labute approximate surface area is 118 Å². The summed E-state index contributed by atoms with van der Waals surface area (Å²) in [5.74, 6) is 0. The number of hydrogen-bond acceptors (Lipinski definition) is 2. The van der Waals surface area contributed by atoms with Gasteiger partial charge in [-0.1, -0.05) is 31.2 Å². The summed E-state index contributed by atoms with van der Waals surface area (Å²) in [7, 11) is 0. The minimum atomic E-state index is 0.710. The number of piperidine rings is 1. The van der Waals surface area contributed by atoms with Gasteiger partial charge in [0.05, 0.1) is 0 Å². The predicted octanol–water partition coefficient (Wildman–Crippen LogP) is 3.00. The van der Waals surface area contributed by atoms with Crippen LogP contribution in [0.15, 0.2) is 24.3 Å². The third-order valence-corrected chi connectivity index (χ3v) is 4.44. The molecule has 1 heterocycles. The van der Waals surface area contributed by atoms with Crippen LogP contribution in [0.2, 0.25) is 0 Å². The molecule has 0 aliphatic carbocycles. The maximum Gasteiger partial charge on any atom is 0.00939 e. The first-order valence-corrected chi connectivity index (χ1v) is 7.72. The molecule has 0 saturated carbocycles. The molecule has 2 unspecified atom stereocenters. The molecule has 0 amide bonds. The Hall–Kier alpha value is -0.860. The van der Waals surface area contributed by atoms with Crippen molar-refractivity contribution in [3.05, 3.63) is 35.4 Å². The van der Waals surface area contributed by atoms with Gasteiger partial charge in [-0.05, 0) is 57.3 Å². The van der Waals surface area contributed by atoms with Crippen molar-refractivity contribution in [2.45, 2.75) is 52.1 Å². The fraction of sp³-hybridized carbons (Fsp3) is 0.647. The van der Waals surface area contributed by atoms with E-state index in [1.807, 2.05) is 0 Å². The highest BCUT2D eigenvalue weighted by Gasteiger charge is 2.24. The Morgan fingerprint density at radius 1 is 1.32 bits per heavy atom. The molecule has 2 nitrogen and oxygen atoms in total. The van der Waals surface area contributed by atoms with Crippen LogP contribution in [0.3, 0.4) is 0 Å². The van der Waals surface area contributed by atoms with Gasteiger partial charge in [0.25, 0.3) is 0 Å². The van der Waals surface area contributed by atoms with Gasteiger partial charge in [-0.15, -0.1) is 0 Å². The molecule has 1 fully saturated rings. The highest BCUT2D eigenvalue weighted by Crippen LogP contribution is 2.18. The average molecular weight is 260 g/mol. The minimum Gasteiger partial charge on any atom is -0.314 e. The van der Waals surface area contributed by atoms with Crippen LogP contribution in [0.5, 0.6) is 0 Å². The lowest BCUT2D eigenvalue weighted by molar-refractivity contribution is 0.138. The van der Waals surface area contributed by atoms with Crippen molar-refractivity contribution in [3.8, 4) is 0 Å². The molecule has 0 spiro atoms. The van der Waals surface area contributed by atoms with E-state index in [9.17, 15) is 0 Å². The third-order valence-electron chi connectivity index (χ3n) is 4.44. The van der Waals surface area contributed by atoms with Crippen LogP contribution in [0.1, 0.15) is 37.8 Å². The molecule has 1 saturated heterocycles. The molecular weight excluding hydrogens is 232 g/mol. The van der Waals surface area contributed by atoms with Crippen molar-refractivity contribution >= 4 is 0 Å². The summed E-state index contributed by atoms with van der Waals surface area (Å²) in [5.41, 5.74) is 2.93. The summed E-state index contributed by atoms with van der Waals surface area (Å²) in [4.78, 5) is 2.65. The second kappa shape index (κ2) is 7.06. The molecular formula is C17H28N2. The summed E-state index contributed by atoms with van der Waals surface area (Å²) >= 11 is 0. The second-order valence-electron chi connectivity index (χ2n) is 5.84. The molecule has 2 rings (SSSR count). The van der Waals surface area contributed by atoms with Gasteiger partial charge in [-0.25, -0.2) is 0 Å². The van der Waals surface area contributed by atoms with E-state index in [0.717, 1.165) is 12.6 Å². The van der Waals surface area contributed by atoms with Gasteiger partial charge in [0.15, 0.2) is 0 Å². The zero-order chi connectivity index (χ0) is 13.7. The smallest absolute Gasteiger partial charge is 0.00939 e. The lowest BCUT2D eigenvalue weighted by Crippen LogP contribution is -2.47. The first kappa shape index (κ1) is 14.5. The number of benzene rings is 1. The van der Waals surface area contributed by atoms with E-state index in [1.54, 1.807) is 0 Å². The Bertz CT molecular complexity index is 389. The molecule has 1 aromatic carbocycles. The average Bonchev–Trinajstić information content (AvgIpc) is 2.40. The van der Waals surface area contributed by atoms with Gasteiger partial charge in [-0.2, -0.15) is 0 Å². The van der Waals surface area contributed by atoms with Crippen molar-refractivity contribution in [1.29, 1.82) is 0 Å². The van der Waals surface area contributed by atoms with Crippen LogP contribution in [0, 0.1) is 6.92 Å². The number of hydrogen-bond donors (Lipinski definition) is 1. The van der Waals surface area contributed by atoms with Gasteiger partial charge in [0.1, 0.15) is 0 Å². The molecule has 0 bridgehead atoms. The van der Waals surface area contributed by atoms with Crippen LogP contribution in [0.25, 0.3) is 0 Å². The Morgan fingerprint density at radius 2 is 2.11 bits per heavy atom. The van der Waals surface area contributed by atoms with Gasteiger partial charge in [0, 0.05) is 18.6 Å². The van der Waals surface area contributed by atoms with Crippen LogP contribution >= 0.6 is 0 Å². The Morgan fingerprint density at radius 3 is 2.79 bits per heavy atom. The molecule has 106 valence electrons. The summed E-state index contributed by atoms with van der Waals surface area (Å²) in [6, 6.07) is 10.2. The lowest BCUT2D eigenvalue weighted by Gasteiger charge is -2.38. The van der Waals surface area contributed by atoms with E-state index >= 15 is 0 Å². The second-order valence-corrected chi connectivity index (χ2v) is 5.84. The van der Waals surface area contributed by atoms with Crippen molar-refractivity contribution in [2.24, 2.45) is 0 Å². The molecule has 0 aromatic heterocycles. The van der Waals surface area contributed by atoms with Gasteiger partial charge in [0.2, 0.25) is 0 Å². The molecule has 1 aliphatic rings. The summed E-state index contributed by atoms with van der Waals surface area (Å²) in [6.45, 7) is 10.3. The van der Waals surface area contributed by atoms with E-state index in [1.165, 1.54) is 43.5 Å². The largest absolute Gasteiger partial charge is 0.314 e. The highest BCUT2D eigenvalue weighted by molar-refractivity contribution is 5.25. The van der Waals surface area contributed by atoms with Crippen LogP contribution in [-0.2, 0) is 6.42 Å². The minimum absolute atomic E-state index is 0.710. The molecule has 2 heteroatoms. The van der Waals surface area contributed by atoms with E-state index in [2.05, 4.69) is 55.3 Å². The molecule has 1 aromatic rings. The van der Waals surface area contributed by atoms with E-state index in [0.29, 0.717) is 6.04 Å². The molecule has 19 heavy (non-hydrogen) atoms. The topological polar surface area (TPSA) is 15.3 Å². The van der Waals surface area contributed by atoms with E-state index in [4.69, 9.17) is 0 Å². The summed E-state index contributed by atoms with van der Waals surface area (Å²) in [6.07, 6.45) is 3.77. The van der Waals surface area contributed by atoms with Crippen LogP contribution < -0.4 is 5.32 Å². The lowest BCUT2D eigenvalue weighted by atomic mass is 9.97. The molecule has 2 atom stereocenters. The van der Waals surface area contributed by atoms with Crippen LogP contribution in [0.4, 0.5) is 0 Å². The van der Waals surface area contributed by atoms with E-state index < -0.39 is 0 Å². The molecule has 1 N–H and O–H groups in total. The quantitative estimate of drug-likeness (QED) is 0.875. The van der Waals surface area contributed by atoms with Crippen molar-refractivity contribution in [1.82, 2.24) is 10.2 Å². The standard InChI is InChI=1S/C17H28N2/c1-4-18-17-10-12-19(15(3)13-17)11-9-16-8-6-5-7-14(16)2/h5-8,15,17-18H,4,9-13H2,1-3H3. The SMILES string of the molecule is CCNC1CCN(CCc2ccccc2C)C(C)C1. The molecule has 1 aliphatic heterocycles. The van der Waals surface area contributed by atoms with Crippen molar-refractivity contribution in [2.75, 3.05) is 19.6 Å². The number of rotatable bonds is 5. The Kier molecular flexibility index (Phi) is 5.41. The first-order valence-electron chi connectivity index (χ1n) is 7.72. The summed E-state index contributed by atoms with van der Waals surface area (Å²) in [5, 5.41) is 3.59. The number of nitrogens with one attached hydrogen (secondary N) is 1. The first-order chi connectivity index (χ1) is 9.20. The normalized spacial score (nSPS) is 24.6. The monoisotopic (exact) mass is 260 g/mol. The molecule has 0 radical (unpaired) electrons. The zero-order valence-corrected chi connectivity index (χ0v) is 12.7.